The van der Waals surface area contributed by atoms with Gasteiger partial charge < -0.3 is 5.32 Å². The fourth-order valence-electron chi connectivity index (χ4n) is 2.50. The second-order valence-electron chi connectivity index (χ2n) is 5.59. The van der Waals surface area contributed by atoms with Crippen LogP contribution in [0.3, 0.4) is 0 Å². The van der Waals surface area contributed by atoms with Crippen molar-refractivity contribution in [2.75, 3.05) is 10.2 Å². The van der Waals surface area contributed by atoms with Crippen LogP contribution in [-0.2, 0) is 9.59 Å². The van der Waals surface area contributed by atoms with Gasteiger partial charge in [-0.2, -0.15) is 0 Å². The molecule has 5 nitrogen and oxygen atoms in total. The van der Waals surface area contributed by atoms with E-state index < -0.39 is 0 Å². The molecule has 0 aliphatic carbocycles. The van der Waals surface area contributed by atoms with E-state index in [1.54, 1.807) is 36.4 Å². The Morgan fingerprint density at radius 3 is 2.25 bits per heavy atom. The molecule has 1 saturated heterocycles. The first kappa shape index (κ1) is 16.2. The molecule has 0 saturated carbocycles. The Bertz CT molecular complexity index is 815. The molecular formula is C18H15ClN2O3. The van der Waals surface area contributed by atoms with Crippen LogP contribution >= 0.6 is 11.6 Å². The predicted molar refractivity (Wildman–Crippen MR) is 92.3 cm³/mol. The minimum absolute atomic E-state index is 0.216. The zero-order valence-corrected chi connectivity index (χ0v) is 13.8. The molecule has 3 amide bonds. The van der Waals surface area contributed by atoms with Crippen LogP contribution < -0.4 is 10.2 Å². The summed E-state index contributed by atoms with van der Waals surface area (Å²) < 4.78 is 0. The molecule has 1 heterocycles. The largest absolute Gasteiger partial charge is 0.322 e. The van der Waals surface area contributed by atoms with Crippen molar-refractivity contribution in [2.24, 2.45) is 0 Å². The summed E-state index contributed by atoms with van der Waals surface area (Å²) in [4.78, 5) is 36.9. The zero-order valence-electron chi connectivity index (χ0n) is 13.0. The zero-order chi connectivity index (χ0) is 17.3. The SMILES string of the molecule is Cc1ccc(NC(=O)c2ccc(N3C(=O)CCC3=O)cc2)cc1Cl. The van der Waals surface area contributed by atoms with Gasteiger partial charge in [0.25, 0.3) is 5.91 Å². The van der Waals surface area contributed by atoms with E-state index in [0.717, 1.165) is 10.5 Å². The molecule has 0 spiro atoms. The highest BCUT2D eigenvalue weighted by molar-refractivity contribution is 6.31. The molecule has 1 aliphatic heterocycles. The van der Waals surface area contributed by atoms with Crippen LogP contribution in [0.4, 0.5) is 11.4 Å². The molecule has 0 unspecified atom stereocenters. The maximum Gasteiger partial charge on any atom is 0.255 e. The van der Waals surface area contributed by atoms with Crippen LogP contribution in [-0.4, -0.2) is 17.7 Å². The van der Waals surface area contributed by atoms with E-state index in [2.05, 4.69) is 5.32 Å². The van der Waals surface area contributed by atoms with Crippen molar-refractivity contribution in [3.63, 3.8) is 0 Å². The topological polar surface area (TPSA) is 66.5 Å². The average Bonchev–Trinajstić information content (AvgIpc) is 2.90. The Morgan fingerprint density at radius 2 is 1.67 bits per heavy atom. The first-order valence-corrected chi connectivity index (χ1v) is 7.87. The predicted octanol–water partition coefficient (Wildman–Crippen LogP) is 3.55. The van der Waals surface area contributed by atoms with Crippen LogP contribution in [0.1, 0.15) is 28.8 Å². The van der Waals surface area contributed by atoms with E-state index in [0.29, 0.717) is 22.0 Å². The summed E-state index contributed by atoms with van der Waals surface area (Å²) in [5, 5.41) is 3.34. The molecule has 0 aromatic heterocycles. The number of anilines is 2. The van der Waals surface area contributed by atoms with Crippen LogP contribution in [0.15, 0.2) is 42.5 Å². The number of imide groups is 1. The van der Waals surface area contributed by atoms with Gasteiger partial charge in [0.05, 0.1) is 5.69 Å². The van der Waals surface area contributed by atoms with Crippen LogP contribution in [0.25, 0.3) is 0 Å². The number of nitrogens with one attached hydrogen (secondary N) is 1. The number of amides is 3. The van der Waals surface area contributed by atoms with Crippen molar-refractivity contribution < 1.29 is 14.4 Å². The minimum atomic E-state index is -0.291. The summed E-state index contributed by atoms with van der Waals surface area (Å²) >= 11 is 6.04. The smallest absolute Gasteiger partial charge is 0.255 e. The Balaban J connectivity index is 1.75. The molecule has 1 N–H and O–H groups in total. The monoisotopic (exact) mass is 342 g/mol. The number of rotatable bonds is 3. The summed E-state index contributed by atoms with van der Waals surface area (Å²) in [5.41, 5.74) is 2.44. The molecule has 2 aromatic rings. The molecule has 3 rings (SSSR count). The van der Waals surface area contributed by atoms with Crippen LogP contribution in [0, 0.1) is 6.92 Å². The lowest BCUT2D eigenvalue weighted by Gasteiger charge is -2.14. The number of halogens is 1. The maximum atomic E-state index is 12.3. The number of nitrogens with zero attached hydrogens (tertiary/aromatic N) is 1. The molecule has 0 bridgehead atoms. The number of benzene rings is 2. The van der Waals surface area contributed by atoms with Crippen molar-refractivity contribution in [1.29, 1.82) is 0 Å². The summed E-state index contributed by atoms with van der Waals surface area (Å²) in [6, 6.07) is 11.6. The first-order valence-electron chi connectivity index (χ1n) is 7.49. The molecule has 24 heavy (non-hydrogen) atoms. The van der Waals surface area contributed by atoms with Gasteiger partial charge in [0, 0.05) is 29.1 Å². The Hall–Kier alpha value is -2.66. The van der Waals surface area contributed by atoms with Gasteiger partial charge in [-0.3, -0.25) is 19.3 Å². The Morgan fingerprint density at radius 1 is 1.04 bits per heavy atom. The lowest BCUT2D eigenvalue weighted by molar-refractivity contribution is -0.121. The van der Waals surface area contributed by atoms with Crippen molar-refractivity contribution >= 4 is 40.7 Å². The molecular weight excluding hydrogens is 328 g/mol. The minimum Gasteiger partial charge on any atom is -0.322 e. The van der Waals surface area contributed by atoms with Gasteiger partial charge in [-0.1, -0.05) is 17.7 Å². The summed E-state index contributed by atoms with van der Waals surface area (Å²) in [5.74, 6) is -0.724. The van der Waals surface area contributed by atoms with Gasteiger partial charge in [0.2, 0.25) is 11.8 Å². The van der Waals surface area contributed by atoms with E-state index in [4.69, 9.17) is 11.6 Å². The van der Waals surface area contributed by atoms with Gasteiger partial charge in [0.15, 0.2) is 0 Å². The summed E-state index contributed by atoms with van der Waals surface area (Å²) in [7, 11) is 0. The maximum absolute atomic E-state index is 12.3. The van der Waals surface area contributed by atoms with Gasteiger partial charge >= 0.3 is 0 Å². The first-order chi connectivity index (χ1) is 11.5. The van der Waals surface area contributed by atoms with E-state index >= 15 is 0 Å². The molecule has 1 fully saturated rings. The lowest BCUT2D eigenvalue weighted by atomic mass is 10.1. The Kier molecular flexibility index (Phi) is 4.36. The highest BCUT2D eigenvalue weighted by Crippen LogP contribution is 2.24. The third-order valence-electron chi connectivity index (χ3n) is 3.87. The molecule has 122 valence electrons. The van der Waals surface area contributed by atoms with E-state index in [1.165, 1.54) is 0 Å². The van der Waals surface area contributed by atoms with Crippen LogP contribution in [0.2, 0.25) is 5.02 Å². The Labute approximate surface area is 144 Å². The normalized spacial score (nSPS) is 14.2. The van der Waals surface area contributed by atoms with Gasteiger partial charge in [-0.15, -0.1) is 0 Å². The third kappa shape index (κ3) is 3.16. The lowest BCUT2D eigenvalue weighted by Crippen LogP contribution is -2.28. The van der Waals surface area contributed by atoms with E-state index in [1.807, 2.05) is 13.0 Å². The molecule has 0 atom stereocenters. The van der Waals surface area contributed by atoms with Crippen molar-refractivity contribution in [3.8, 4) is 0 Å². The average molecular weight is 343 g/mol. The molecule has 6 heteroatoms. The van der Waals surface area contributed by atoms with Gasteiger partial charge in [0.1, 0.15) is 0 Å². The van der Waals surface area contributed by atoms with Gasteiger partial charge in [-0.05, 0) is 48.9 Å². The number of aryl methyl sites for hydroxylation is 1. The molecule has 2 aromatic carbocycles. The number of hydrogen-bond acceptors (Lipinski definition) is 3. The molecule has 1 aliphatic rings. The summed E-state index contributed by atoms with van der Waals surface area (Å²) in [6.07, 6.45) is 0.463. The molecule has 0 radical (unpaired) electrons. The number of carbonyl (C=O) groups excluding carboxylic acids is 3. The quantitative estimate of drug-likeness (QED) is 0.867. The van der Waals surface area contributed by atoms with E-state index in [9.17, 15) is 14.4 Å². The van der Waals surface area contributed by atoms with E-state index in [-0.39, 0.29) is 30.6 Å². The third-order valence-corrected chi connectivity index (χ3v) is 4.28. The summed E-state index contributed by atoms with van der Waals surface area (Å²) in [6.45, 7) is 1.88. The fourth-order valence-corrected chi connectivity index (χ4v) is 2.68. The van der Waals surface area contributed by atoms with Crippen LogP contribution in [0.5, 0.6) is 0 Å². The highest BCUT2D eigenvalue weighted by atomic mass is 35.5. The fraction of sp³-hybridized carbons (Fsp3) is 0.167. The second kappa shape index (κ2) is 6.45. The number of carbonyl (C=O) groups is 3. The second-order valence-corrected chi connectivity index (χ2v) is 6.00. The van der Waals surface area contributed by atoms with Crippen molar-refractivity contribution in [1.82, 2.24) is 0 Å². The van der Waals surface area contributed by atoms with Crippen molar-refractivity contribution in [2.45, 2.75) is 19.8 Å². The number of hydrogen-bond donors (Lipinski definition) is 1. The highest BCUT2D eigenvalue weighted by Gasteiger charge is 2.30. The standard InChI is InChI=1S/C18H15ClN2O3/c1-11-2-5-13(10-15(11)19)20-18(24)12-3-6-14(7-4-12)21-16(22)8-9-17(21)23/h2-7,10H,8-9H2,1H3,(H,20,24). The van der Waals surface area contributed by atoms with Gasteiger partial charge in [-0.25, -0.2) is 0 Å². The van der Waals surface area contributed by atoms with Crippen molar-refractivity contribution in [3.05, 3.63) is 58.6 Å².